The summed E-state index contributed by atoms with van der Waals surface area (Å²) in [5.41, 5.74) is -1.13. The second-order valence-electron chi connectivity index (χ2n) is 9.71. The van der Waals surface area contributed by atoms with Crippen LogP contribution in [0.25, 0.3) is 0 Å². The van der Waals surface area contributed by atoms with Crippen molar-refractivity contribution in [3.8, 4) is 0 Å². The number of hydrogen-bond acceptors (Lipinski definition) is 4. The van der Waals surface area contributed by atoms with E-state index in [2.05, 4.69) is 23.7 Å². The third-order valence-electron chi connectivity index (χ3n) is 6.18. The third-order valence-corrected chi connectivity index (χ3v) is 6.74. The van der Waals surface area contributed by atoms with Crippen LogP contribution in [0.1, 0.15) is 118 Å². The predicted octanol–water partition coefficient (Wildman–Crippen LogP) is 6.83. The summed E-state index contributed by atoms with van der Waals surface area (Å²) in [6.45, 7) is 13.4. The summed E-state index contributed by atoms with van der Waals surface area (Å²) in [5.74, 6) is -0.755. The van der Waals surface area contributed by atoms with Crippen LogP contribution in [-0.4, -0.2) is 15.4 Å². The van der Waals surface area contributed by atoms with Crippen LogP contribution in [0, 0.1) is 17.3 Å². The second kappa shape index (κ2) is 16.9. The van der Waals surface area contributed by atoms with Crippen molar-refractivity contribution in [3.63, 3.8) is 0 Å². The van der Waals surface area contributed by atoms with Gasteiger partial charge in [0.15, 0.2) is 0 Å². The van der Waals surface area contributed by atoms with Gasteiger partial charge in [-0.25, -0.2) is 0 Å². The Morgan fingerprint density at radius 2 is 1.29 bits per heavy atom. The molecule has 0 aromatic carbocycles. The van der Waals surface area contributed by atoms with Gasteiger partial charge in [0.25, 0.3) is 0 Å². The molecule has 0 fully saturated rings. The quantitative estimate of drug-likeness (QED) is 0.0960. The van der Waals surface area contributed by atoms with E-state index in [1.54, 1.807) is 20.8 Å². The molecule has 0 saturated carbocycles. The van der Waals surface area contributed by atoms with Crippen LogP contribution in [0.5, 0.6) is 0 Å². The molecule has 0 heterocycles. The molecule has 0 bridgehead atoms. The van der Waals surface area contributed by atoms with Crippen molar-refractivity contribution in [2.24, 2.45) is 17.3 Å². The van der Waals surface area contributed by atoms with Gasteiger partial charge in [0.1, 0.15) is 0 Å². The molecule has 0 saturated heterocycles. The molecule has 0 spiro atoms. The maximum absolute atomic E-state index is 12.8. The number of carbonyl (C=O) groups excluding carboxylic acids is 2. The molecular formula is C25H46O5Ti. The van der Waals surface area contributed by atoms with Crippen LogP contribution in [-0.2, 0) is 34.8 Å². The minimum absolute atomic E-state index is 0.278. The average molecular weight is 475 g/mol. The minimum atomic E-state index is -4.07. The van der Waals surface area contributed by atoms with Gasteiger partial charge in [0.05, 0.1) is 0 Å². The number of ketones is 1. The molecule has 6 heteroatoms. The van der Waals surface area contributed by atoms with Gasteiger partial charge >= 0.3 is 152 Å². The van der Waals surface area contributed by atoms with E-state index in [1.807, 2.05) is 0 Å². The molecule has 0 radical (unpaired) electrons. The van der Waals surface area contributed by atoms with E-state index in [1.165, 1.54) is 51.4 Å². The Bertz CT molecular complexity index is 570. The zero-order valence-electron chi connectivity index (χ0n) is 20.6. The van der Waals surface area contributed by atoms with Gasteiger partial charge < -0.3 is 0 Å². The SMILES string of the molecule is C=C(C)C(=O)C(CCCCCCCCCCCCCC(C)C)(C(=O)[O][Ti](=[O])[OH])C(C)C. The van der Waals surface area contributed by atoms with E-state index in [0.29, 0.717) is 12.8 Å². The first-order valence-corrected chi connectivity index (χ1v) is 14.2. The van der Waals surface area contributed by atoms with Gasteiger partial charge in [-0.3, -0.25) is 0 Å². The van der Waals surface area contributed by atoms with Crippen LogP contribution in [0.2, 0.25) is 0 Å². The van der Waals surface area contributed by atoms with E-state index >= 15 is 0 Å². The second-order valence-corrected chi connectivity index (χ2v) is 10.9. The van der Waals surface area contributed by atoms with Crippen molar-refractivity contribution in [1.29, 1.82) is 0 Å². The van der Waals surface area contributed by atoms with Crippen molar-refractivity contribution in [2.75, 3.05) is 0 Å². The molecule has 0 aliphatic carbocycles. The zero-order chi connectivity index (χ0) is 23.9. The van der Waals surface area contributed by atoms with Crippen LogP contribution in [0.4, 0.5) is 0 Å². The van der Waals surface area contributed by atoms with Crippen molar-refractivity contribution < 1.29 is 38.5 Å². The number of carbonyl (C=O) groups is 2. The first kappa shape index (κ1) is 30.4. The Labute approximate surface area is 197 Å². The number of unbranched alkanes of at least 4 members (excludes halogenated alkanes) is 10. The van der Waals surface area contributed by atoms with E-state index in [0.717, 1.165) is 25.2 Å². The summed E-state index contributed by atoms with van der Waals surface area (Å²) in [7, 11) is 0. The van der Waals surface area contributed by atoms with Crippen molar-refractivity contribution in [3.05, 3.63) is 12.2 Å². The van der Waals surface area contributed by atoms with E-state index in [-0.39, 0.29) is 17.3 Å². The van der Waals surface area contributed by atoms with Crippen molar-refractivity contribution in [2.45, 2.75) is 118 Å². The number of Topliss-reactive ketones (excluding diaryl/α,β-unsaturated/α-hetero) is 1. The van der Waals surface area contributed by atoms with Gasteiger partial charge in [-0.05, 0) is 5.92 Å². The van der Waals surface area contributed by atoms with Crippen molar-refractivity contribution >= 4 is 11.8 Å². The Kier molecular flexibility index (Phi) is 16.6. The molecule has 5 nitrogen and oxygen atoms in total. The van der Waals surface area contributed by atoms with Crippen LogP contribution in [0.15, 0.2) is 12.2 Å². The fourth-order valence-corrected chi connectivity index (χ4v) is 4.73. The molecule has 0 aromatic rings. The Balaban J connectivity index is 4.29. The summed E-state index contributed by atoms with van der Waals surface area (Å²) in [4.78, 5) is 25.5. The van der Waals surface area contributed by atoms with Crippen LogP contribution in [0.3, 0.4) is 0 Å². The molecule has 1 unspecified atom stereocenters. The standard InChI is InChI=1S/C25H46O3.H2O.O.Ti/c1-20(2)18-16-14-12-10-8-7-9-11-13-15-17-19-25(22(5)6,24(27)28)23(26)21(3)4;;;/h20,22H,3,7-19H2,1-2,4-6H3,(H,27,28);1H2;;/q;;;+2/p-2. The van der Waals surface area contributed by atoms with Gasteiger partial charge in [-0.1, -0.05) is 39.5 Å². The van der Waals surface area contributed by atoms with Gasteiger partial charge in [0.2, 0.25) is 0 Å². The van der Waals surface area contributed by atoms with Crippen molar-refractivity contribution in [1.82, 2.24) is 0 Å². The molecule has 0 aromatic heterocycles. The van der Waals surface area contributed by atoms with E-state index in [9.17, 15) is 12.9 Å². The summed E-state index contributed by atoms with van der Waals surface area (Å²) < 4.78 is 24.9. The zero-order valence-corrected chi connectivity index (χ0v) is 22.2. The molecule has 1 N–H and O–H groups in total. The molecule has 0 rings (SSSR count). The Morgan fingerprint density at radius 1 is 0.871 bits per heavy atom. The molecular weight excluding hydrogens is 428 g/mol. The van der Waals surface area contributed by atoms with Crippen LogP contribution < -0.4 is 0 Å². The van der Waals surface area contributed by atoms with Crippen LogP contribution >= 0.6 is 0 Å². The normalized spacial score (nSPS) is 13.3. The molecule has 0 amide bonds. The molecule has 0 aliphatic heterocycles. The molecule has 180 valence electrons. The monoisotopic (exact) mass is 474 g/mol. The Morgan fingerprint density at radius 3 is 1.65 bits per heavy atom. The summed E-state index contributed by atoms with van der Waals surface area (Å²) in [6.07, 6.45) is 14.7. The van der Waals surface area contributed by atoms with E-state index in [4.69, 9.17) is 3.69 Å². The summed E-state index contributed by atoms with van der Waals surface area (Å²) in [6, 6.07) is 0. The summed E-state index contributed by atoms with van der Waals surface area (Å²) in [5, 5.41) is 0. The summed E-state index contributed by atoms with van der Waals surface area (Å²) >= 11 is -4.07. The average Bonchev–Trinajstić information content (AvgIpc) is 2.66. The topological polar surface area (TPSA) is 80.7 Å². The maximum atomic E-state index is 12.8. The van der Waals surface area contributed by atoms with Gasteiger partial charge in [-0.15, -0.1) is 0 Å². The fourth-order valence-electron chi connectivity index (χ4n) is 4.19. The predicted molar refractivity (Wildman–Crippen MR) is 121 cm³/mol. The number of rotatable bonds is 19. The fraction of sp³-hybridized carbons (Fsp3) is 0.840. The molecule has 31 heavy (non-hydrogen) atoms. The number of hydrogen-bond donors (Lipinski definition) is 1. The molecule has 1 atom stereocenters. The van der Waals surface area contributed by atoms with Gasteiger partial charge in [0, 0.05) is 0 Å². The third kappa shape index (κ3) is 12.2. The van der Waals surface area contributed by atoms with E-state index < -0.39 is 30.0 Å². The Hall–Kier alpha value is -0.646. The first-order chi connectivity index (χ1) is 14.6. The first-order valence-electron chi connectivity index (χ1n) is 12.2. The molecule has 0 aliphatic rings. The number of allylic oxidation sites excluding steroid dienone is 1. The van der Waals surface area contributed by atoms with Gasteiger partial charge in [-0.2, -0.15) is 0 Å².